The molecule has 0 spiro atoms. The van der Waals surface area contributed by atoms with Crippen LogP contribution >= 0.6 is 0 Å². The number of nitrogens with zero attached hydrogens (tertiary/aromatic N) is 3. The molecule has 0 radical (unpaired) electrons. The van der Waals surface area contributed by atoms with E-state index in [2.05, 4.69) is 5.10 Å². The minimum Gasteiger partial charge on any atom is -0.479 e. The van der Waals surface area contributed by atoms with Crippen molar-refractivity contribution in [3.8, 4) is 0 Å². The Labute approximate surface area is 122 Å². The van der Waals surface area contributed by atoms with Crippen LogP contribution in [-0.2, 0) is 23.1 Å². The standard InChI is InChI=1S/C14H20FN3O3/c1-9-11(10(2)17(3)16-9)4-5-12(19)18-7-6-14(15,8-18)13(20)21/h4-8H2,1-3H3,(H,20,21). The number of hydrogen-bond acceptors (Lipinski definition) is 3. The van der Waals surface area contributed by atoms with Gasteiger partial charge in [-0.3, -0.25) is 9.48 Å². The lowest BCUT2D eigenvalue weighted by Crippen LogP contribution is -2.39. The number of likely N-dealkylation sites (tertiary alicyclic amines) is 1. The van der Waals surface area contributed by atoms with E-state index in [1.54, 1.807) is 4.68 Å². The van der Waals surface area contributed by atoms with Crippen molar-refractivity contribution in [2.75, 3.05) is 13.1 Å². The zero-order valence-corrected chi connectivity index (χ0v) is 12.5. The van der Waals surface area contributed by atoms with Gasteiger partial charge < -0.3 is 10.0 Å². The Bertz CT molecular complexity index is 584. The molecule has 1 unspecified atom stereocenters. The molecule has 1 aromatic heterocycles. The highest BCUT2D eigenvalue weighted by atomic mass is 19.1. The van der Waals surface area contributed by atoms with E-state index in [0.717, 1.165) is 17.0 Å². The second-order valence-electron chi connectivity index (χ2n) is 5.61. The molecule has 1 aliphatic heterocycles. The van der Waals surface area contributed by atoms with Crippen LogP contribution in [0.3, 0.4) is 0 Å². The van der Waals surface area contributed by atoms with Gasteiger partial charge in [0.05, 0.1) is 12.2 Å². The van der Waals surface area contributed by atoms with Gasteiger partial charge in [0.25, 0.3) is 0 Å². The second-order valence-corrected chi connectivity index (χ2v) is 5.61. The number of aliphatic carboxylic acids is 1. The van der Waals surface area contributed by atoms with Gasteiger partial charge in [0.2, 0.25) is 11.6 Å². The topological polar surface area (TPSA) is 75.4 Å². The molecule has 0 aromatic carbocycles. The molecular weight excluding hydrogens is 277 g/mol. The van der Waals surface area contributed by atoms with Crippen molar-refractivity contribution >= 4 is 11.9 Å². The van der Waals surface area contributed by atoms with E-state index in [0.29, 0.717) is 6.42 Å². The van der Waals surface area contributed by atoms with Crippen LogP contribution in [0.2, 0.25) is 0 Å². The van der Waals surface area contributed by atoms with Gasteiger partial charge in [-0.2, -0.15) is 5.10 Å². The fourth-order valence-electron chi connectivity index (χ4n) is 2.73. The molecule has 1 amide bonds. The zero-order chi connectivity index (χ0) is 15.8. The van der Waals surface area contributed by atoms with Crippen molar-refractivity contribution < 1.29 is 19.1 Å². The lowest BCUT2D eigenvalue weighted by molar-refractivity contribution is -0.150. The Morgan fingerprint density at radius 2 is 2.10 bits per heavy atom. The number of alkyl halides is 1. The zero-order valence-electron chi connectivity index (χ0n) is 12.5. The van der Waals surface area contributed by atoms with E-state index in [1.807, 2.05) is 20.9 Å². The fraction of sp³-hybridized carbons (Fsp3) is 0.643. The lowest BCUT2D eigenvalue weighted by Gasteiger charge is -2.17. The minimum atomic E-state index is -2.30. The van der Waals surface area contributed by atoms with Crippen molar-refractivity contribution in [2.45, 2.75) is 38.8 Å². The van der Waals surface area contributed by atoms with Crippen LogP contribution in [0.5, 0.6) is 0 Å². The summed E-state index contributed by atoms with van der Waals surface area (Å²) in [6.45, 7) is 3.63. The Balaban J connectivity index is 1.96. The third-order valence-corrected chi connectivity index (χ3v) is 4.20. The van der Waals surface area contributed by atoms with E-state index in [9.17, 15) is 14.0 Å². The van der Waals surface area contributed by atoms with Crippen LogP contribution < -0.4 is 0 Å². The number of carbonyl (C=O) groups is 2. The van der Waals surface area contributed by atoms with Crippen molar-refractivity contribution in [2.24, 2.45) is 7.05 Å². The summed E-state index contributed by atoms with van der Waals surface area (Å²) in [5.74, 6) is -1.70. The number of carbonyl (C=O) groups excluding carboxylic acids is 1. The second kappa shape index (κ2) is 5.46. The molecule has 0 aliphatic carbocycles. The van der Waals surface area contributed by atoms with Gasteiger partial charge in [-0.1, -0.05) is 0 Å². The Kier molecular flexibility index (Phi) is 4.02. The molecule has 1 aliphatic rings. The number of aryl methyl sites for hydroxylation is 2. The summed E-state index contributed by atoms with van der Waals surface area (Å²) < 4.78 is 15.7. The summed E-state index contributed by atoms with van der Waals surface area (Å²) >= 11 is 0. The molecule has 0 saturated carbocycles. The smallest absolute Gasteiger partial charge is 0.343 e. The molecule has 1 aromatic rings. The third-order valence-electron chi connectivity index (χ3n) is 4.20. The van der Waals surface area contributed by atoms with Crippen molar-refractivity contribution in [1.29, 1.82) is 0 Å². The van der Waals surface area contributed by atoms with Gasteiger partial charge >= 0.3 is 5.97 Å². The summed E-state index contributed by atoms with van der Waals surface area (Å²) in [6, 6.07) is 0. The minimum absolute atomic E-state index is 0.140. The van der Waals surface area contributed by atoms with Gasteiger partial charge in [-0.15, -0.1) is 0 Å². The average Bonchev–Trinajstić information content (AvgIpc) is 2.91. The summed E-state index contributed by atoms with van der Waals surface area (Å²) in [5.41, 5.74) is 0.618. The monoisotopic (exact) mass is 297 g/mol. The van der Waals surface area contributed by atoms with E-state index >= 15 is 0 Å². The summed E-state index contributed by atoms with van der Waals surface area (Å²) in [5, 5.41) is 13.1. The van der Waals surface area contributed by atoms with Gasteiger partial charge in [0, 0.05) is 32.1 Å². The molecule has 2 heterocycles. The average molecular weight is 297 g/mol. The SMILES string of the molecule is Cc1nn(C)c(C)c1CCC(=O)N1CCC(F)(C(=O)O)C1. The maximum Gasteiger partial charge on any atom is 0.343 e. The summed E-state index contributed by atoms with van der Waals surface area (Å²) in [4.78, 5) is 24.2. The highest BCUT2D eigenvalue weighted by Gasteiger charge is 2.46. The van der Waals surface area contributed by atoms with Gasteiger partial charge in [-0.05, 0) is 25.8 Å². The fourth-order valence-corrected chi connectivity index (χ4v) is 2.73. The molecule has 2 rings (SSSR count). The maximum atomic E-state index is 13.9. The van der Waals surface area contributed by atoms with E-state index in [4.69, 9.17) is 5.11 Å². The van der Waals surface area contributed by atoms with E-state index in [-0.39, 0.29) is 31.8 Å². The van der Waals surface area contributed by atoms with Crippen LogP contribution in [0.1, 0.15) is 29.8 Å². The molecule has 6 nitrogen and oxygen atoms in total. The molecule has 7 heteroatoms. The molecule has 1 fully saturated rings. The Morgan fingerprint density at radius 1 is 1.43 bits per heavy atom. The molecule has 21 heavy (non-hydrogen) atoms. The lowest BCUT2D eigenvalue weighted by atomic mass is 10.1. The first-order chi connectivity index (χ1) is 9.74. The number of hydrogen-bond donors (Lipinski definition) is 1. The van der Waals surface area contributed by atoms with E-state index in [1.165, 1.54) is 4.90 Å². The molecule has 1 saturated heterocycles. The number of halogens is 1. The summed E-state index contributed by atoms with van der Waals surface area (Å²) in [6.07, 6.45) is 0.634. The van der Waals surface area contributed by atoms with Gasteiger partial charge in [0.15, 0.2) is 0 Å². The Hall–Kier alpha value is -1.92. The predicted octanol–water partition coefficient (Wildman–Crippen LogP) is 0.995. The Morgan fingerprint density at radius 3 is 2.57 bits per heavy atom. The molecule has 1 N–H and O–H groups in total. The van der Waals surface area contributed by atoms with Crippen molar-refractivity contribution in [3.05, 3.63) is 17.0 Å². The third kappa shape index (κ3) is 2.91. The molecule has 1 atom stereocenters. The summed E-state index contributed by atoms with van der Waals surface area (Å²) in [7, 11) is 1.85. The van der Waals surface area contributed by atoms with Crippen LogP contribution in [0, 0.1) is 13.8 Å². The molecular formula is C14H20FN3O3. The van der Waals surface area contributed by atoms with Crippen molar-refractivity contribution in [1.82, 2.24) is 14.7 Å². The number of rotatable bonds is 4. The maximum absolute atomic E-state index is 13.9. The van der Waals surface area contributed by atoms with Crippen LogP contribution in [0.4, 0.5) is 4.39 Å². The normalized spacial score (nSPS) is 21.8. The van der Waals surface area contributed by atoms with Crippen LogP contribution in [0.15, 0.2) is 0 Å². The largest absolute Gasteiger partial charge is 0.479 e. The van der Waals surface area contributed by atoms with Crippen LogP contribution in [-0.4, -0.2) is 50.4 Å². The molecule has 0 bridgehead atoms. The molecule has 116 valence electrons. The van der Waals surface area contributed by atoms with Gasteiger partial charge in [0.1, 0.15) is 0 Å². The number of carboxylic acids is 1. The predicted molar refractivity (Wildman–Crippen MR) is 73.7 cm³/mol. The number of aromatic nitrogens is 2. The first kappa shape index (κ1) is 15.5. The highest BCUT2D eigenvalue weighted by Crippen LogP contribution is 2.26. The van der Waals surface area contributed by atoms with Crippen LogP contribution in [0.25, 0.3) is 0 Å². The highest BCUT2D eigenvalue weighted by molar-refractivity contribution is 5.82. The number of carboxylic acid groups (broad SMARTS) is 1. The quantitative estimate of drug-likeness (QED) is 0.899. The number of amides is 1. The van der Waals surface area contributed by atoms with Gasteiger partial charge in [-0.25, -0.2) is 9.18 Å². The first-order valence-corrected chi connectivity index (χ1v) is 6.94. The first-order valence-electron chi connectivity index (χ1n) is 6.94. The van der Waals surface area contributed by atoms with Crippen molar-refractivity contribution in [3.63, 3.8) is 0 Å². The van der Waals surface area contributed by atoms with E-state index < -0.39 is 11.6 Å².